The largest absolute Gasteiger partial charge is 0.298 e. The van der Waals surface area contributed by atoms with Crippen LogP contribution >= 0.6 is 38.9 Å². The van der Waals surface area contributed by atoms with Crippen molar-refractivity contribution >= 4 is 51.2 Å². The van der Waals surface area contributed by atoms with Crippen molar-refractivity contribution < 1.29 is 4.79 Å². The van der Waals surface area contributed by atoms with Gasteiger partial charge in [-0.05, 0) is 40.1 Å². The molecule has 0 saturated heterocycles. The fraction of sp³-hybridized carbons (Fsp3) is 0.222. The molecular formula is C9H8BrClOS. The van der Waals surface area contributed by atoms with Gasteiger partial charge in [0.1, 0.15) is 10.6 Å². The summed E-state index contributed by atoms with van der Waals surface area (Å²) in [6, 6.07) is 1.91. The molecule has 1 aromatic rings. The van der Waals surface area contributed by atoms with Crippen molar-refractivity contribution in [2.45, 2.75) is 13.3 Å². The minimum Gasteiger partial charge on any atom is -0.298 e. The molecule has 0 fully saturated rings. The third kappa shape index (κ3) is 2.93. The molecule has 13 heavy (non-hydrogen) atoms. The number of hydrogen-bond acceptors (Lipinski definition) is 2. The molecule has 0 N–H and O–H groups in total. The topological polar surface area (TPSA) is 17.1 Å². The first-order valence-electron chi connectivity index (χ1n) is 3.78. The zero-order valence-corrected chi connectivity index (χ0v) is 10.2. The minimum absolute atomic E-state index is 0.715. The van der Waals surface area contributed by atoms with Crippen LogP contribution in [0.1, 0.15) is 18.2 Å². The fourth-order valence-electron chi connectivity index (χ4n) is 0.837. The number of allylic oxidation sites excluding steroid dienone is 1. The van der Waals surface area contributed by atoms with Gasteiger partial charge in [0.2, 0.25) is 0 Å². The van der Waals surface area contributed by atoms with E-state index in [-0.39, 0.29) is 0 Å². The molecule has 0 bridgehead atoms. The first-order chi connectivity index (χ1) is 6.17. The molecule has 0 spiro atoms. The lowest BCUT2D eigenvalue weighted by atomic mass is 10.2. The Labute approximate surface area is 94.5 Å². The smallest absolute Gasteiger partial charge is 0.146 e. The predicted octanol–water partition coefficient (Wildman–Crippen LogP) is 4.16. The van der Waals surface area contributed by atoms with E-state index < -0.39 is 0 Å². The van der Waals surface area contributed by atoms with E-state index in [9.17, 15) is 4.79 Å². The Hall–Kier alpha value is -0.120. The number of carbonyl (C=O) groups is 1. The van der Waals surface area contributed by atoms with Crippen LogP contribution in [0.25, 0.3) is 6.08 Å². The zero-order valence-electron chi connectivity index (χ0n) is 7.01. The number of aldehydes is 1. The third-order valence-corrected chi connectivity index (χ3v) is 3.97. The summed E-state index contributed by atoms with van der Waals surface area (Å²) in [5.41, 5.74) is 0.783. The summed E-state index contributed by atoms with van der Waals surface area (Å²) in [6.45, 7) is 1.95. The van der Waals surface area contributed by atoms with E-state index in [1.54, 1.807) is 0 Å². The standard InChI is InChI=1S/C9H8BrClOS/c1-2-6(5-12)3-7-4-8(10)9(11)13-7/h3-5H,2H2,1H3/b6-3+. The Balaban J connectivity index is 2.96. The summed E-state index contributed by atoms with van der Waals surface area (Å²) < 4.78 is 1.60. The van der Waals surface area contributed by atoms with Gasteiger partial charge in [0.15, 0.2) is 0 Å². The average Bonchev–Trinajstić information content (AvgIpc) is 2.42. The van der Waals surface area contributed by atoms with Gasteiger partial charge in [0.25, 0.3) is 0 Å². The number of halogens is 2. The second-order valence-corrected chi connectivity index (χ2v) is 5.00. The molecule has 0 saturated carbocycles. The van der Waals surface area contributed by atoms with Gasteiger partial charge >= 0.3 is 0 Å². The minimum atomic E-state index is 0.715. The molecule has 1 heterocycles. The summed E-state index contributed by atoms with van der Waals surface area (Å²) in [5, 5.41) is 0. The maximum Gasteiger partial charge on any atom is 0.146 e. The maximum absolute atomic E-state index is 10.5. The van der Waals surface area contributed by atoms with Crippen LogP contribution in [-0.2, 0) is 4.79 Å². The molecule has 0 atom stereocenters. The van der Waals surface area contributed by atoms with Crippen LogP contribution in [0.3, 0.4) is 0 Å². The van der Waals surface area contributed by atoms with Gasteiger partial charge in [0, 0.05) is 9.35 Å². The van der Waals surface area contributed by atoms with Crippen LogP contribution in [0, 0.1) is 0 Å². The molecule has 0 aromatic carbocycles. The van der Waals surface area contributed by atoms with Gasteiger partial charge in [-0.2, -0.15) is 0 Å². The van der Waals surface area contributed by atoms with E-state index in [4.69, 9.17) is 11.6 Å². The van der Waals surface area contributed by atoms with Gasteiger partial charge in [-0.15, -0.1) is 11.3 Å². The molecule has 1 aromatic heterocycles. The molecule has 0 aliphatic rings. The molecule has 0 aliphatic carbocycles. The van der Waals surface area contributed by atoms with Crippen molar-refractivity contribution in [2.75, 3.05) is 0 Å². The van der Waals surface area contributed by atoms with Crippen molar-refractivity contribution in [1.29, 1.82) is 0 Å². The second-order valence-electron chi connectivity index (χ2n) is 2.46. The Morgan fingerprint density at radius 2 is 2.46 bits per heavy atom. The average molecular weight is 280 g/mol. The van der Waals surface area contributed by atoms with Gasteiger partial charge in [-0.3, -0.25) is 4.79 Å². The van der Waals surface area contributed by atoms with Gasteiger partial charge in [-0.25, -0.2) is 0 Å². The molecule has 1 rings (SSSR count). The quantitative estimate of drug-likeness (QED) is 0.600. The zero-order chi connectivity index (χ0) is 9.84. The van der Waals surface area contributed by atoms with Gasteiger partial charge in [0.05, 0.1) is 0 Å². The maximum atomic E-state index is 10.5. The van der Waals surface area contributed by atoms with Crippen LogP contribution in [-0.4, -0.2) is 6.29 Å². The number of hydrogen-bond donors (Lipinski definition) is 0. The Kier molecular flexibility index (Phi) is 4.16. The molecule has 0 radical (unpaired) electrons. The van der Waals surface area contributed by atoms with E-state index in [0.717, 1.165) is 27.6 Å². The van der Waals surface area contributed by atoms with Crippen LogP contribution in [0.2, 0.25) is 4.34 Å². The SMILES string of the molecule is CC/C(C=O)=C\c1cc(Br)c(Cl)s1. The van der Waals surface area contributed by atoms with E-state index in [0.29, 0.717) is 4.34 Å². The highest BCUT2D eigenvalue weighted by molar-refractivity contribution is 9.10. The molecule has 70 valence electrons. The van der Waals surface area contributed by atoms with Gasteiger partial charge in [-0.1, -0.05) is 18.5 Å². The summed E-state index contributed by atoms with van der Waals surface area (Å²) >= 11 is 10.6. The number of carbonyl (C=O) groups excluding carboxylic acids is 1. The molecule has 1 nitrogen and oxygen atoms in total. The van der Waals surface area contributed by atoms with E-state index in [2.05, 4.69) is 15.9 Å². The van der Waals surface area contributed by atoms with Crippen molar-refractivity contribution in [3.8, 4) is 0 Å². The summed E-state index contributed by atoms with van der Waals surface area (Å²) in [7, 11) is 0. The van der Waals surface area contributed by atoms with Gasteiger partial charge < -0.3 is 0 Å². The van der Waals surface area contributed by atoms with Crippen LogP contribution < -0.4 is 0 Å². The molecular weight excluding hydrogens is 272 g/mol. The van der Waals surface area contributed by atoms with E-state index in [1.807, 2.05) is 19.1 Å². The predicted molar refractivity (Wildman–Crippen MR) is 61.4 cm³/mol. The Morgan fingerprint density at radius 1 is 1.77 bits per heavy atom. The van der Waals surface area contributed by atoms with Crippen LogP contribution in [0.15, 0.2) is 16.1 Å². The number of thiophene rings is 1. The second kappa shape index (κ2) is 4.94. The van der Waals surface area contributed by atoms with Crippen molar-refractivity contribution in [3.63, 3.8) is 0 Å². The number of rotatable bonds is 3. The normalized spacial score (nSPS) is 11.8. The molecule has 0 unspecified atom stereocenters. The molecule has 0 aliphatic heterocycles. The fourth-order valence-corrected chi connectivity index (χ4v) is 2.55. The lowest BCUT2D eigenvalue weighted by Gasteiger charge is -1.89. The van der Waals surface area contributed by atoms with Crippen LogP contribution in [0.4, 0.5) is 0 Å². The van der Waals surface area contributed by atoms with Crippen molar-refractivity contribution in [1.82, 2.24) is 0 Å². The van der Waals surface area contributed by atoms with Crippen LogP contribution in [0.5, 0.6) is 0 Å². The first kappa shape index (κ1) is 11.0. The first-order valence-corrected chi connectivity index (χ1v) is 5.76. The summed E-state index contributed by atoms with van der Waals surface area (Å²) in [4.78, 5) is 11.5. The van der Waals surface area contributed by atoms with E-state index >= 15 is 0 Å². The highest BCUT2D eigenvalue weighted by Gasteiger charge is 2.02. The lowest BCUT2D eigenvalue weighted by molar-refractivity contribution is -0.104. The summed E-state index contributed by atoms with van der Waals surface area (Å²) in [5.74, 6) is 0. The Bertz CT molecular complexity index is 324. The summed E-state index contributed by atoms with van der Waals surface area (Å²) in [6.07, 6.45) is 3.48. The third-order valence-electron chi connectivity index (χ3n) is 1.55. The molecule has 4 heteroatoms. The van der Waals surface area contributed by atoms with Crippen molar-refractivity contribution in [2.24, 2.45) is 0 Å². The highest BCUT2D eigenvalue weighted by atomic mass is 79.9. The lowest BCUT2D eigenvalue weighted by Crippen LogP contribution is -1.79. The van der Waals surface area contributed by atoms with E-state index in [1.165, 1.54) is 11.3 Å². The Morgan fingerprint density at radius 3 is 2.85 bits per heavy atom. The highest BCUT2D eigenvalue weighted by Crippen LogP contribution is 2.33. The monoisotopic (exact) mass is 278 g/mol. The molecule has 0 amide bonds. The van der Waals surface area contributed by atoms with Crippen molar-refractivity contribution in [3.05, 3.63) is 25.3 Å².